The summed E-state index contributed by atoms with van der Waals surface area (Å²) in [7, 11) is -3.70. The van der Waals surface area contributed by atoms with Crippen molar-refractivity contribution in [3.8, 4) is 0 Å². The number of rotatable bonds is 6. The summed E-state index contributed by atoms with van der Waals surface area (Å²) >= 11 is 0. The fourth-order valence-electron chi connectivity index (χ4n) is 2.01. The van der Waals surface area contributed by atoms with E-state index < -0.39 is 10.0 Å². The molecule has 0 unspecified atom stereocenters. The summed E-state index contributed by atoms with van der Waals surface area (Å²) in [4.78, 5) is 4.29. The maximum atomic E-state index is 12.4. The first kappa shape index (κ1) is 16.3. The Kier molecular flexibility index (Phi) is 4.70. The number of hydrogen-bond donors (Lipinski definition) is 3. The molecular weight excluding hydrogens is 302 g/mol. The Balaban J connectivity index is 2.13. The lowest BCUT2D eigenvalue weighted by molar-refractivity contribution is 0.600. The highest BCUT2D eigenvalue weighted by atomic mass is 32.2. The first-order chi connectivity index (χ1) is 10.3. The van der Waals surface area contributed by atoms with Crippen LogP contribution in [0, 0.1) is 19.8 Å². The van der Waals surface area contributed by atoms with Gasteiger partial charge in [-0.2, -0.15) is 5.10 Å². The SMILES string of the molecule is Cc1n[nH]c(C)c1S(=O)(=O)Nc1ccc(NCC(C)C)cn1. The minimum atomic E-state index is -3.70. The van der Waals surface area contributed by atoms with Crippen LogP contribution in [-0.4, -0.2) is 30.1 Å². The molecule has 2 rings (SSSR count). The van der Waals surface area contributed by atoms with Crippen LogP contribution in [0.15, 0.2) is 23.2 Å². The molecule has 2 aromatic heterocycles. The zero-order chi connectivity index (χ0) is 16.3. The van der Waals surface area contributed by atoms with E-state index in [2.05, 4.69) is 39.1 Å². The van der Waals surface area contributed by atoms with Gasteiger partial charge >= 0.3 is 0 Å². The number of pyridine rings is 1. The molecule has 0 amide bonds. The number of aromatic nitrogens is 3. The molecule has 0 spiro atoms. The zero-order valence-electron chi connectivity index (χ0n) is 13.1. The molecule has 2 aromatic rings. The van der Waals surface area contributed by atoms with Gasteiger partial charge in [0.25, 0.3) is 10.0 Å². The molecule has 0 saturated carbocycles. The Labute approximate surface area is 130 Å². The highest BCUT2D eigenvalue weighted by molar-refractivity contribution is 7.92. The van der Waals surface area contributed by atoms with Crippen molar-refractivity contribution in [2.45, 2.75) is 32.6 Å². The molecule has 0 aromatic carbocycles. The van der Waals surface area contributed by atoms with Gasteiger partial charge in [0.1, 0.15) is 10.7 Å². The molecule has 120 valence electrons. The molecule has 0 aliphatic rings. The van der Waals surface area contributed by atoms with E-state index in [1.54, 1.807) is 32.2 Å². The van der Waals surface area contributed by atoms with E-state index in [1.807, 2.05) is 0 Å². The second kappa shape index (κ2) is 6.35. The van der Waals surface area contributed by atoms with E-state index in [4.69, 9.17) is 0 Å². The minimum Gasteiger partial charge on any atom is -0.384 e. The lowest BCUT2D eigenvalue weighted by Crippen LogP contribution is -2.15. The first-order valence-corrected chi connectivity index (χ1v) is 8.52. The number of aryl methyl sites for hydroxylation is 2. The molecule has 0 bridgehead atoms. The van der Waals surface area contributed by atoms with Crippen molar-refractivity contribution < 1.29 is 8.42 Å². The number of sulfonamides is 1. The van der Waals surface area contributed by atoms with Gasteiger partial charge < -0.3 is 5.32 Å². The van der Waals surface area contributed by atoms with E-state index in [0.717, 1.165) is 12.2 Å². The van der Waals surface area contributed by atoms with Crippen molar-refractivity contribution in [1.29, 1.82) is 0 Å². The fraction of sp³-hybridized carbons (Fsp3) is 0.429. The Morgan fingerprint density at radius 1 is 1.27 bits per heavy atom. The second-order valence-corrected chi connectivity index (χ2v) is 7.19. The molecule has 3 N–H and O–H groups in total. The van der Waals surface area contributed by atoms with E-state index in [-0.39, 0.29) is 10.7 Å². The Hall–Kier alpha value is -2.09. The van der Waals surface area contributed by atoms with Gasteiger partial charge in [0, 0.05) is 6.54 Å². The van der Waals surface area contributed by atoms with Crippen LogP contribution in [0.2, 0.25) is 0 Å². The summed E-state index contributed by atoms with van der Waals surface area (Å²) in [6.07, 6.45) is 1.61. The van der Waals surface area contributed by atoms with Crippen molar-refractivity contribution in [2.75, 3.05) is 16.6 Å². The fourth-order valence-corrected chi connectivity index (χ4v) is 3.39. The quantitative estimate of drug-likeness (QED) is 0.757. The molecule has 22 heavy (non-hydrogen) atoms. The molecule has 0 radical (unpaired) electrons. The maximum absolute atomic E-state index is 12.4. The monoisotopic (exact) mass is 323 g/mol. The standard InChI is InChI=1S/C14H21N5O2S/c1-9(2)7-15-12-5-6-13(16-8-12)19-22(20,21)14-10(3)17-18-11(14)4/h5-6,8-9,15H,7H2,1-4H3,(H,16,19)(H,17,18). The smallest absolute Gasteiger partial charge is 0.266 e. The largest absolute Gasteiger partial charge is 0.384 e. The van der Waals surface area contributed by atoms with E-state index in [9.17, 15) is 8.42 Å². The average Bonchev–Trinajstić information content (AvgIpc) is 2.77. The molecule has 0 aliphatic carbocycles. The normalized spacial score (nSPS) is 11.7. The first-order valence-electron chi connectivity index (χ1n) is 7.04. The van der Waals surface area contributed by atoms with Crippen LogP contribution >= 0.6 is 0 Å². The molecule has 2 heterocycles. The summed E-state index contributed by atoms with van der Waals surface area (Å²) in [6, 6.07) is 3.42. The number of hydrogen-bond acceptors (Lipinski definition) is 5. The maximum Gasteiger partial charge on any atom is 0.266 e. The van der Waals surface area contributed by atoms with Crippen LogP contribution < -0.4 is 10.0 Å². The second-order valence-electron chi connectivity index (χ2n) is 5.58. The number of nitrogens with zero attached hydrogens (tertiary/aromatic N) is 2. The lowest BCUT2D eigenvalue weighted by atomic mass is 10.2. The van der Waals surface area contributed by atoms with Crippen LogP contribution in [-0.2, 0) is 10.0 Å². The summed E-state index contributed by atoms with van der Waals surface area (Å²) in [6.45, 7) is 8.36. The van der Waals surface area contributed by atoms with Gasteiger partial charge in [-0.3, -0.25) is 9.82 Å². The van der Waals surface area contributed by atoms with Crippen molar-refractivity contribution in [3.05, 3.63) is 29.7 Å². The molecule has 8 heteroatoms. The van der Waals surface area contributed by atoms with Gasteiger partial charge in [-0.05, 0) is 31.9 Å². The Morgan fingerprint density at radius 2 is 2.00 bits per heavy atom. The van der Waals surface area contributed by atoms with Gasteiger partial charge in [-0.1, -0.05) is 13.8 Å². The molecule has 0 aliphatic heterocycles. The summed E-state index contributed by atoms with van der Waals surface area (Å²) in [5, 5.41) is 9.80. The van der Waals surface area contributed by atoms with Gasteiger partial charge in [0.05, 0.1) is 23.3 Å². The zero-order valence-corrected chi connectivity index (χ0v) is 14.0. The van der Waals surface area contributed by atoms with Crippen molar-refractivity contribution in [1.82, 2.24) is 15.2 Å². The van der Waals surface area contributed by atoms with Crippen LogP contribution in [0.3, 0.4) is 0 Å². The van der Waals surface area contributed by atoms with Gasteiger partial charge in [0.2, 0.25) is 0 Å². The van der Waals surface area contributed by atoms with E-state index in [0.29, 0.717) is 17.3 Å². The predicted molar refractivity (Wildman–Crippen MR) is 86.4 cm³/mol. The number of H-pyrrole nitrogens is 1. The Bertz CT molecular complexity index is 716. The highest BCUT2D eigenvalue weighted by Crippen LogP contribution is 2.20. The third kappa shape index (κ3) is 3.76. The van der Waals surface area contributed by atoms with Crippen LogP contribution in [0.5, 0.6) is 0 Å². The summed E-state index contributed by atoms with van der Waals surface area (Å²) in [5.41, 5.74) is 1.78. The summed E-state index contributed by atoms with van der Waals surface area (Å²) in [5.74, 6) is 0.792. The molecule has 0 atom stereocenters. The van der Waals surface area contributed by atoms with Crippen molar-refractivity contribution in [3.63, 3.8) is 0 Å². The number of aromatic amines is 1. The van der Waals surface area contributed by atoms with Crippen LogP contribution in [0.25, 0.3) is 0 Å². The molecule has 0 saturated heterocycles. The van der Waals surface area contributed by atoms with Crippen molar-refractivity contribution in [2.24, 2.45) is 5.92 Å². The minimum absolute atomic E-state index is 0.163. The molecule has 0 fully saturated rings. The molecular formula is C14H21N5O2S. The summed E-state index contributed by atoms with van der Waals surface area (Å²) < 4.78 is 27.2. The Morgan fingerprint density at radius 3 is 2.50 bits per heavy atom. The van der Waals surface area contributed by atoms with E-state index >= 15 is 0 Å². The van der Waals surface area contributed by atoms with Gasteiger partial charge in [-0.25, -0.2) is 13.4 Å². The van der Waals surface area contributed by atoms with Gasteiger partial charge in [-0.15, -0.1) is 0 Å². The molecule has 7 nitrogen and oxygen atoms in total. The van der Waals surface area contributed by atoms with Gasteiger partial charge in [0.15, 0.2) is 0 Å². The topological polar surface area (TPSA) is 99.8 Å². The lowest BCUT2D eigenvalue weighted by Gasteiger charge is -2.10. The number of nitrogens with one attached hydrogen (secondary N) is 3. The third-order valence-electron chi connectivity index (χ3n) is 3.05. The average molecular weight is 323 g/mol. The highest BCUT2D eigenvalue weighted by Gasteiger charge is 2.22. The van der Waals surface area contributed by atoms with Crippen LogP contribution in [0.4, 0.5) is 11.5 Å². The third-order valence-corrected chi connectivity index (χ3v) is 4.66. The van der Waals surface area contributed by atoms with E-state index in [1.165, 1.54) is 0 Å². The van der Waals surface area contributed by atoms with Crippen LogP contribution in [0.1, 0.15) is 25.2 Å². The number of anilines is 2. The predicted octanol–water partition coefficient (Wildman–Crippen LogP) is 2.29. The van der Waals surface area contributed by atoms with Crippen molar-refractivity contribution >= 4 is 21.5 Å².